The van der Waals surface area contributed by atoms with Gasteiger partial charge in [-0.05, 0) is 44.4 Å². The Bertz CT molecular complexity index is 662. The fourth-order valence-corrected chi connectivity index (χ4v) is 3.25. The van der Waals surface area contributed by atoms with Crippen LogP contribution >= 0.6 is 0 Å². The van der Waals surface area contributed by atoms with E-state index in [-0.39, 0.29) is 11.9 Å². The Morgan fingerprint density at radius 2 is 2.35 bits per heavy atom. The molecule has 1 fully saturated rings. The summed E-state index contributed by atoms with van der Waals surface area (Å²) in [6, 6.07) is 5.96. The summed E-state index contributed by atoms with van der Waals surface area (Å²) in [5, 5.41) is 7.19. The van der Waals surface area contributed by atoms with Crippen LogP contribution in [-0.4, -0.2) is 33.7 Å². The van der Waals surface area contributed by atoms with Crippen molar-refractivity contribution in [2.24, 2.45) is 13.0 Å². The standard InChI is InChI=1S/C17H24N4O2/c1-12-6-7-21(14(9-12)15-5-4-8-23-15)11-17(22)18-16-10-13(2)19-20(16)3/h4-5,8,10,12,14H,6-7,9,11H2,1-3H3,(H,18,22)/t12-,14+/m0/s1. The Balaban J connectivity index is 1.67. The summed E-state index contributed by atoms with van der Waals surface area (Å²) in [6.07, 6.45) is 3.83. The Morgan fingerprint density at radius 1 is 1.52 bits per heavy atom. The molecule has 0 radical (unpaired) electrons. The smallest absolute Gasteiger partial charge is 0.239 e. The predicted molar refractivity (Wildman–Crippen MR) is 88.0 cm³/mol. The molecule has 1 saturated heterocycles. The molecule has 0 bridgehead atoms. The van der Waals surface area contributed by atoms with Gasteiger partial charge in [0, 0.05) is 13.1 Å². The van der Waals surface area contributed by atoms with E-state index in [0.29, 0.717) is 12.5 Å². The molecule has 124 valence electrons. The zero-order valence-corrected chi connectivity index (χ0v) is 14.0. The van der Waals surface area contributed by atoms with Gasteiger partial charge in [0.1, 0.15) is 11.6 Å². The van der Waals surface area contributed by atoms with E-state index >= 15 is 0 Å². The lowest BCUT2D eigenvalue weighted by molar-refractivity contribution is -0.118. The second kappa shape index (κ2) is 6.58. The highest BCUT2D eigenvalue weighted by atomic mass is 16.3. The summed E-state index contributed by atoms with van der Waals surface area (Å²) >= 11 is 0. The number of nitrogens with zero attached hydrogens (tertiary/aromatic N) is 3. The first-order valence-electron chi connectivity index (χ1n) is 8.11. The molecule has 0 aliphatic carbocycles. The maximum atomic E-state index is 12.4. The number of furan rings is 1. The summed E-state index contributed by atoms with van der Waals surface area (Å²) in [4.78, 5) is 14.6. The van der Waals surface area contributed by atoms with Gasteiger partial charge in [0.2, 0.25) is 5.91 Å². The quantitative estimate of drug-likeness (QED) is 0.942. The SMILES string of the molecule is Cc1cc(NC(=O)CN2CC[C@H](C)C[C@@H]2c2ccco2)n(C)n1. The summed E-state index contributed by atoms with van der Waals surface area (Å²) in [5.74, 6) is 2.30. The number of carbonyl (C=O) groups is 1. The molecule has 0 saturated carbocycles. The maximum Gasteiger partial charge on any atom is 0.239 e. The zero-order valence-electron chi connectivity index (χ0n) is 14.0. The van der Waals surface area contributed by atoms with E-state index in [1.54, 1.807) is 10.9 Å². The van der Waals surface area contributed by atoms with Gasteiger partial charge in [-0.3, -0.25) is 14.4 Å². The van der Waals surface area contributed by atoms with Crippen LogP contribution in [0.3, 0.4) is 0 Å². The summed E-state index contributed by atoms with van der Waals surface area (Å²) in [5.41, 5.74) is 0.892. The average Bonchev–Trinajstić information content (AvgIpc) is 3.11. The zero-order chi connectivity index (χ0) is 16.4. The topological polar surface area (TPSA) is 63.3 Å². The van der Waals surface area contributed by atoms with E-state index in [4.69, 9.17) is 4.42 Å². The molecule has 3 heterocycles. The molecule has 1 amide bonds. The predicted octanol–water partition coefficient (Wildman–Crippen LogP) is 2.73. The molecule has 3 rings (SSSR count). The van der Waals surface area contributed by atoms with E-state index in [9.17, 15) is 4.79 Å². The fraction of sp³-hybridized carbons (Fsp3) is 0.529. The van der Waals surface area contributed by atoms with E-state index in [2.05, 4.69) is 22.2 Å². The van der Waals surface area contributed by atoms with Crippen LogP contribution in [0.2, 0.25) is 0 Å². The van der Waals surface area contributed by atoms with E-state index in [1.807, 2.05) is 32.2 Å². The number of amides is 1. The number of hydrogen-bond acceptors (Lipinski definition) is 4. The molecule has 23 heavy (non-hydrogen) atoms. The van der Waals surface area contributed by atoms with Crippen molar-refractivity contribution in [2.75, 3.05) is 18.4 Å². The lowest BCUT2D eigenvalue weighted by atomic mass is 9.91. The molecule has 2 atom stereocenters. The Morgan fingerprint density at radius 3 is 3.00 bits per heavy atom. The van der Waals surface area contributed by atoms with Crippen molar-refractivity contribution in [3.05, 3.63) is 35.9 Å². The minimum atomic E-state index is -0.0147. The third kappa shape index (κ3) is 3.64. The van der Waals surface area contributed by atoms with Crippen molar-refractivity contribution in [2.45, 2.75) is 32.7 Å². The molecule has 6 heteroatoms. The number of anilines is 1. The van der Waals surface area contributed by atoms with Crippen molar-refractivity contribution in [1.29, 1.82) is 0 Å². The average molecular weight is 316 g/mol. The Kier molecular flexibility index (Phi) is 4.52. The Hall–Kier alpha value is -2.08. The molecule has 0 spiro atoms. The van der Waals surface area contributed by atoms with E-state index in [1.165, 1.54) is 0 Å². The van der Waals surface area contributed by atoms with Crippen molar-refractivity contribution in [3.8, 4) is 0 Å². The van der Waals surface area contributed by atoms with Crippen LogP contribution in [0.4, 0.5) is 5.82 Å². The second-order valence-electron chi connectivity index (χ2n) is 6.47. The monoisotopic (exact) mass is 316 g/mol. The van der Waals surface area contributed by atoms with Gasteiger partial charge in [-0.2, -0.15) is 5.10 Å². The van der Waals surface area contributed by atoms with Gasteiger partial charge in [0.15, 0.2) is 0 Å². The first-order valence-corrected chi connectivity index (χ1v) is 8.11. The molecule has 1 aliphatic heterocycles. The van der Waals surface area contributed by atoms with Gasteiger partial charge < -0.3 is 9.73 Å². The third-order valence-electron chi connectivity index (χ3n) is 4.46. The molecule has 0 aromatic carbocycles. The number of rotatable bonds is 4. The van der Waals surface area contributed by atoms with Gasteiger partial charge in [-0.15, -0.1) is 0 Å². The van der Waals surface area contributed by atoms with Crippen molar-refractivity contribution >= 4 is 11.7 Å². The van der Waals surface area contributed by atoms with Crippen LogP contribution in [-0.2, 0) is 11.8 Å². The largest absolute Gasteiger partial charge is 0.468 e. The van der Waals surface area contributed by atoms with Gasteiger partial charge >= 0.3 is 0 Å². The molecule has 1 N–H and O–H groups in total. The number of hydrogen-bond donors (Lipinski definition) is 1. The molecule has 0 unspecified atom stereocenters. The van der Waals surface area contributed by atoms with Crippen LogP contribution in [0.25, 0.3) is 0 Å². The van der Waals surface area contributed by atoms with Gasteiger partial charge in [0.05, 0.1) is 24.5 Å². The molecule has 1 aliphatic rings. The lowest BCUT2D eigenvalue weighted by Gasteiger charge is -2.36. The van der Waals surface area contributed by atoms with Crippen LogP contribution in [0, 0.1) is 12.8 Å². The van der Waals surface area contributed by atoms with Crippen molar-refractivity contribution in [1.82, 2.24) is 14.7 Å². The van der Waals surface area contributed by atoms with Crippen LogP contribution in [0.5, 0.6) is 0 Å². The Labute approximate surface area is 136 Å². The van der Waals surface area contributed by atoms with E-state index in [0.717, 1.165) is 36.7 Å². The second-order valence-corrected chi connectivity index (χ2v) is 6.47. The minimum Gasteiger partial charge on any atom is -0.468 e. The highest BCUT2D eigenvalue weighted by Gasteiger charge is 2.30. The normalized spacial score (nSPS) is 22.2. The minimum absolute atomic E-state index is 0.0147. The van der Waals surface area contributed by atoms with Crippen LogP contribution < -0.4 is 5.32 Å². The number of piperidine rings is 1. The molecule has 6 nitrogen and oxygen atoms in total. The highest BCUT2D eigenvalue weighted by Crippen LogP contribution is 2.33. The number of aromatic nitrogens is 2. The number of nitrogens with one attached hydrogen (secondary N) is 1. The highest BCUT2D eigenvalue weighted by molar-refractivity contribution is 5.91. The number of aryl methyl sites for hydroxylation is 2. The lowest BCUT2D eigenvalue weighted by Crippen LogP contribution is -2.41. The van der Waals surface area contributed by atoms with Crippen LogP contribution in [0.15, 0.2) is 28.9 Å². The van der Waals surface area contributed by atoms with Crippen LogP contribution in [0.1, 0.15) is 37.3 Å². The van der Waals surface area contributed by atoms with Crippen molar-refractivity contribution < 1.29 is 9.21 Å². The first-order chi connectivity index (χ1) is 11.0. The van der Waals surface area contributed by atoms with E-state index < -0.39 is 0 Å². The summed E-state index contributed by atoms with van der Waals surface area (Å²) in [7, 11) is 1.83. The molecular formula is C17H24N4O2. The first kappa shape index (κ1) is 15.8. The molecule has 2 aromatic rings. The summed E-state index contributed by atoms with van der Waals surface area (Å²) < 4.78 is 7.28. The molecular weight excluding hydrogens is 292 g/mol. The molecule has 2 aromatic heterocycles. The fourth-order valence-electron chi connectivity index (χ4n) is 3.25. The summed E-state index contributed by atoms with van der Waals surface area (Å²) in [6.45, 7) is 5.44. The third-order valence-corrected chi connectivity index (χ3v) is 4.46. The number of likely N-dealkylation sites (tertiary alicyclic amines) is 1. The number of carbonyl (C=O) groups excluding carboxylic acids is 1. The van der Waals surface area contributed by atoms with Gasteiger partial charge in [-0.1, -0.05) is 6.92 Å². The maximum absolute atomic E-state index is 12.4. The van der Waals surface area contributed by atoms with Crippen molar-refractivity contribution in [3.63, 3.8) is 0 Å². The van der Waals surface area contributed by atoms with Gasteiger partial charge in [-0.25, -0.2) is 0 Å². The van der Waals surface area contributed by atoms with Gasteiger partial charge in [0.25, 0.3) is 0 Å².